The van der Waals surface area contributed by atoms with E-state index in [0.29, 0.717) is 30.9 Å². The van der Waals surface area contributed by atoms with E-state index in [2.05, 4.69) is 4.98 Å². The summed E-state index contributed by atoms with van der Waals surface area (Å²) in [6, 6.07) is 14.1. The van der Waals surface area contributed by atoms with E-state index in [4.69, 9.17) is 9.72 Å². The number of methoxy groups -OCH3 is 1. The number of hydrogen-bond donors (Lipinski definition) is 0. The lowest BCUT2D eigenvalue weighted by Gasteiger charge is -2.27. The smallest absolute Gasteiger partial charge is 0.225 e. The third-order valence-electron chi connectivity index (χ3n) is 6.02. The fourth-order valence-corrected chi connectivity index (χ4v) is 4.27. The van der Waals surface area contributed by atoms with E-state index in [1.807, 2.05) is 54.2 Å². The topological polar surface area (TPSA) is 58.6 Å². The average molecular weight is 449 g/mol. The lowest BCUT2D eigenvalue weighted by atomic mass is 9.99. The highest BCUT2D eigenvalue weighted by Gasteiger charge is 2.33. The van der Waals surface area contributed by atoms with Gasteiger partial charge in [0.1, 0.15) is 11.6 Å². The van der Waals surface area contributed by atoms with E-state index in [0.717, 1.165) is 35.4 Å². The van der Waals surface area contributed by atoms with Crippen LogP contribution in [-0.2, 0) is 11.2 Å². The molecule has 0 N–H and O–H groups in total. The van der Waals surface area contributed by atoms with Crippen LogP contribution in [0.25, 0.3) is 11.1 Å². The Labute approximate surface area is 194 Å². The van der Waals surface area contributed by atoms with E-state index in [9.17, 15) is 9.18 Å². The summed E-state index contributed by atoms with van der Waals surface area (Å²) < 4.78 is 19.2. The van der Waals surface area contributed by atoms with Gasteiger partial charge < -0.3 is 14.5 Å². The minimum absolute atomic E-state index is 0.100. The first-order valence-electron chi connectivity index (χ1n) is 11.2. The van der Waals surface area contributed by atoms with Crippen molar-refractivity contribution in [1.82, 2.24) is 14.9 Å². The Bertz CT molecular complexity index is 1120. The number of hydrogen-bond acceptors (Lipinski definition) is 5. The monoisotopic (exact) mass is 448 g/mol. The molecule has 1 fully saturated rings. The van der Waals surface area contributed by atoms with Crippen LogP contribution in [0.3, 0.4) is 0 Å². The molecule has 3 aromatic rings. The van der Waals surface area contributed by atoms with Crippen LogP contribution in [-0.4, -0.2) is 48.5 Å². The van der Waals surface area contributed by atoms with E-state index in [1.165, 1.54) is 12.1 Å². The van der Waals surface area contributed by atoms with Gasteiger partial charge in [-0.2, -0.15) is 0 Å². The molecular weight excluding hydrogens is 419 g/mol. The van der Waals surface area contributed by atoms with Crippen molar-refractivity contribution in [2.24, 2.45) is 0 Å². The van der Waals surface area contributed by atoms with Gasteiger partial charge in [0.25, 0.3) is 0 Å². The van der Waals surface area contributed by atoms with Gasteiger partial charge in [-0.3, -0.25) is 4.79 Å². The number of likely N-dealkylation sites (tertiary alicyclic amines) is 1. The fourth-order valence-electron chi connectivity index (χ4n) is 4.27. The van der Waals surface area contributed by atoms with Crippen LogP contribution in [0, 0.1) is 5.82 Å². The maximum Gasteiger partial charge on any atom is 0.225 e. The molecule has 1 unspecified atom stereocenters. The normalized spacial score (nSPS) is 15.5. The average Bonchev–Trinajstić information content (AvgIpc) is 3.32. The number of ether oxygens (including phenoxy) is 1. The van der Waals surface area contributed by atoms with Crippen LogP contribution in [0.2, 0.25) is 0 Å². The molecule has 0 radical (unpaired) electrons. The van der Waals surface area contributed by atoms with Crippen molar-refractivity contribution in [3.05, 3.63) is 71.8 Å². The maximum absolute atomic E-state index is 14.0. The third kappa shape index (κ3) is 5.13. The van der Waals surface area contributed by atoms with Crippen LogP contribution in [0.1, 0.15) is 36.6 Å². The molecular formula is C26H29FN4O2. The summed E-state index contributed by atoms with van der Waals surface area (Å²) in [4.78, 5) is 26.3. The maximum atomic E-state index is 14.0. The minimum Gasteiger partial charge on any atom is -0.497 e. The molecule has 1 aromatic heterocycles. The first-order valence-corrected chi connectivity index (χ1v) is 11.2. The molecule has 0 spiro atoms. The lowest BCUT2D eigenvalue weighted by molar-refractivity contribution is -0.132. The summed E-state index contributed by atoms with van der Waals surface area (Å²) in [6.45, 7) is 0.690. The molecule has 2 heterocycles. The van der Waals surface area contributed by atoms with Gasteiger partial charge in [0.15, 0.2) is 0 Å². The lowest BCUT2D eigenvalue weighted by Crippen LogP contribution is -2.31. The van der Waals surface area contributed by atoms with Crippen molar-refractivity contribution in [3.8, 4) is 16.9 Å². The SMILES string of the molecule is COc1ccc(CCC(=O)N2CCCC2c2nc(N(C)C)ncc2-c2cccc(F)c2)cc1. The van der Waals surface area contributed by atoms with Gasteiger partial charge in [-0.25, -0.2) is 14.4 Å². The summed E-state index contributed by atoms with van der Waals surface area (Å²) in [5, 5.41) is 0. The van der Waals surface area contributed by atoms with Crippen molar-refractivity contribution < 1.29 is 13.9 Å². The molecule has 0 aliphatic carbocycles. The number of aromatic nitrogens is 2. The molecule has 4 rings (SSSR count). The number of nitrogens with zero attached hydrogens (tertiary/aromatic N) is 4. The number of carbonyl (C=O) groups excluding carboxylic acids is 1. The molecule has 0 bridgehead atoms. The van der Waals surface area contributed by atoms with Gasteiger partial charge in [-0.1, -0.05) is 24.3 Å². The zero-order chi connectivity index (χ0) is 23.4. The van der Waals surface area contributed by atoms with Crippen LogP contribution in [0.5, 0.6) is 5.75 Å². The standard InChI is InChI=1S/C26H29FN4O2/c1-30(2)26-28-17-22(19-6-4-7-20(27)16-19)25(29-26)23-8-5-15-31(23)24(32)14-11-18-9-12-21(33-3)13-10-18/h4,6-7,9-10,12-13,16-17,23H,5,8,11,14-15H2,1-3H3. The van der Waals surface area contributed by atoms with Crippen molar-refractivity contribution in [2.45, 2.75) is 31.7 Å². The third-order valence-corrected chi connectivity index (χ3v) is 6.02. The van der Waals surface area contributed by atoms with Gasteiger partial charge in [0, 0.05) is 38.8 Å². The number of anilines is 1. The van der Waals surface area contributed by atoms with Crippen LogP contribution in [0.15, 0.2) is 54.7 Å². The number of aryl methyl sites for hydroxylation is 1. The molecule has 0 saturated carbocycles. The van der Waals surface area contributed by atoms with E-state index in [1.54, 1.807) is 19.4 Å². The van der Waals surface area contributed by atoms with Crippen LogP contribution in [0.4, 0.5) is 10.3 Å². The first-order chi connectivity index (χ1) is 16.0. The largest absolute Gasteiger partial charge is 0.497 e. The molecule has 1 atom stereocenters. The highest BCUT2D eigenvalue weighted by molar-refractivity contribution is 5.78. The van der Waals surface area contributed by atoms with Crippen molar-refractivity contribution in [3.63, 3.8) is 0 Å². The van der Waals surface area contributed by atoms with Crippen molar-refractivity contribution >= 4 is 11.9 Å². The van der Waals surface area contributed by atoms with E-state index in [-0.39, 0.29) is 17.8 Å². The van der Waals surface area contributed by atoms with Gasteiger partial charge in [-0.05, 0) is 54.7 Å². The molecule has 1 aliphatic heterocycles. The Morgan fingerprint density at radius 2 is 2.00 bits per heavy atom. The molecule has 2 aromatic carbocycles. The van der Waals surface area contributed by atoms with Crippen molar-refractivity contribution in [1.29, 1.82) is 0 Å². The molecule has 33 heavy (non-hydrogen) atoms. The van der Waals surface area contributed by atoms with Crippen LogP contribution < -0.4 is 9.64 Å². The Morgan fingerprint density at radius 3 is 2.70 bits per heavy atom. The summed E-state index contributed by atoms with van der Waals surface area (Å²) in [7, 11) is 5.40. The number of rotatable bonds is 7. The number of halogens is 1. The summed E-state index contributed by atoms with van der Waals surface area (Å²) >= 11 is 0. The number of benzene rings is 2. The second kappa shape index (κ2) is 9.98. The highest BCUT2D eigenvalue weighted by atomic mass is 19.1. The Hall–Kier alpha value is -3.48. The second-order valence-corrected chi connectivity index (χ2v) is 8.47. The zero-order valence-electron chi connectivity index (χ0n) is 19.3. The molecule has 1 saturated heterocycles. The van der Waals surface area contributed by atoms with Crippen LogP contribution >= 0.6 is 0 Å². The van der Waals surface area contributed by atoms with E-state index >= 15 is 0 Å². The number of carbonyl (C=O) groups is 1. The van der Waals surface area contributed by atoms with Crippen molar-refractivity contribution in [2.75, 3.05) is 32.6 Å². The van der Waals surface area contributed by atoms with Gasteiger partial charge in [-0.15, -0.1) is 0 Å². The molecule has 1 aliphatic rings. The first kappa shape index (κ1) is 22.7. The predicted molar refractivity (Wildman–Crippen MR) is 127 cm³/mol. The van der Waals surface area contributed by atoms with E-state index < -0.39 is 0 Å². The van der Waals surface area contributed by atoms with Gasteiger partial charge in [0.2, 0.25) is 11.9 Å². The van der Waals surface area contributed by atoms with Gasteiger partial charge in [0.05, 0.1) is 18.8 Å². The molecule has 7 heteroatoms. The quantitative estimate of drug-likeness (QED) is 0.526. The second-order valence-electron chi connectivity index (χ2n) is 8.47. The highest BCUT2D eigenvalue weighted by Crippen LogP contribution is 2.37. The fraction of sp³-hybridized carbons (Fsp3) is 0.346. The zero-order valence-corrected chi connectivity index (χ0v) is 19.3. The Morgan fingerprint density at radius 1 is 1.21 bits per heavy atom. The Kier molecular flexibility index (Phi) is 6.87. The Balaban J connectivity index is 1.59. The molecule has 1 amide bonds. The summed E-state index contributed by atoms with van der Waals surface area (Å²) in [5.74, 6) is 1.16. The van der Waals surface area contributed by atoms with Gasteiger partial charge >= 0.3 is 0 Å². The predicted octanol–water partition coefficient (Wildman–Crippen LogP) is 4.65. The summed E-state index contributed by atoms with van der Waals surface area (Å²) in [6.07, 6.45) is 4.55. The number of amides is 1. The molecule has 172 valence electrons. The summed E-state index contributed by atoms with van der Waals surface area (Å²) in [5.41, 5.74) is 3.35. The molecule has 6 nitrogen and oxygen atoms in total. The minimum atomic E-state index is -0.311.